The van der Waals surface area contributed by atoms with Crippen molar-refractivity contribution in [2.75, 3.05) is 54.9 Å². The van der Waals surface area contributed by atoms with Crippen LogP contribution in [0.3, 0.4) is 0 Å². The van der Waals surface area contributed by atoms with E-state index in [9.17, 15) is 8.78 Å². The number of piperazine rings is 1. The minimum absolute atomic E-state index is 0.0372. The van der Waals surface area contributed by atoms with Crippen LogP contribution >= 0.6 is 0 Å². The van der Waals surface area contributed by atoms with Crippen LogP contribution in [0.2, 0.25) is 0 Å². The third-order valence-corrected chi connectivity index (χ3v) is 6.60. The number of morpholine rings is 1. The normalized spacial score (nSPS) is 24.5. The van der Waals surface area contributed by atoms with Crippen LogP contribution in [-0.2, 0) is 4.74 Å². The molecule has 178 valence electrons. The molecule has 9 nitrogen and oxygen atoms in total. The molecule has 2 saturated heterocycles. The molecular formula is C22H30F2N8O. The molecular weight excluding hydrogens is 430 g/mol. The van der Waals surface area contributed by atoms with Crippen LogP contribution in [0.15, 0.2) is 12.3 Å². The summed E-state index contributed by atoms with van der Waals surface area (Å²) in [5.41, 5.74) is 5.63. The van der Waals surface area contributed by atoms with E-state index in [-0.39, 0.29) is 34.9 Å². The van der Waals surface area contributed by atoms with E-state index < -0.39 is 6.43 Å². The smallest absolute Gasteiger partial charge is 0.264 e. The maximum Gasteiger partial charge on any atom is 0.264 e. The van der Waals surface area contributed by atoms with Crippen molar-refractivity contribution in [2.45, 2.75) is 51.2 Å². The summed E-state index contributed by atoms with van der Waals surface area (Å²) < 4.78 is 33.4. The average Bonchev–Trinajstić information content (AvgIpc) is 3.64. The summed E-state index contributed by atoms with van der Waals surface area (Å²) in [6.45, 7) is 8.64. The van der Waals surface area contributed by atoms with Crippen LogP contribution in [0.25, 0.3) is 11.4 Å². The Kier molecular flexibility index (Phi) is 6.00. The summed E-state index contributed by atoms with van der Waals surface area (Å²) in [6.07, 6.45) is 1.15. The first-order valence-electron chi connectivity index (χ1n) is 11.6. The zero-order chi connectivity index (χ0) is 23.1. The Bertz CT molecular complexity index is 986. The molecule has 2 aliphatic heterocycles. The summed E-state index contributed by atoms with van der Waals surface area (Å²) >= 11 is 0. The SMILES string of the molecule is C[C@@H]1COC[C@H](C)N1c1nc(-c2cnc(N)cc2C(F)F)nc(N2CCN(C3CC3)CC2)n1. The van der Waals surface area contributed by atoms with Gasteiger partial charge in [-0.3, -0.25) is 4.90 Å². The van der Waals surface area contributed by atoms with E-state index >= 15 is 0 Å². The van der Waals surface area contributed by atoms with Gasteiger partial charge in [0.25, 0.3) is 6.43 Å². The quantitative estimate of drug-likeness (QED) is 0.721. The number of ether oxygens (including phenoxy) is 1. The number of nitrogens with two attached hydrogens (primary N) is 1. The fraction of sp³-hybridized carbons (Fsp3) is 0.636. The van der Waals surface area contributed by atoms with Crippen LogP contribution < -0.4 is 15.5 Å². The van der Waals surface area contributed by atoms with Crippen LogP contribution in [0.1, 0.15) is 38.7 Å². The molecule has 0 spiro atoms. The van der Waals surface area contributed by atoms with Gasteiger partial charge in [0.2, 0.25) is 11.9 Å². The lowest BCUT2D eigenvalue weighted by Crippen LogP contribution is -2.51. The molecule has 0 unspecified atom stereocenters. The molecule has 3 fully saturated rings. The maximum absolute atomic E-state index is 13.9. The van der Waals surface area contributed by atoms with E-state index in [4.69, 9.17) is 15.5 Å². The molecule has 11 heteroatoms. The molecule has 2 aromatic rings. The minimum atomic E-state index is -2.72. The van der Waals surface area contributed by atoms with E-state index in [0.717, 1.165) is 26.2 Å². The van der Waals surface area contributed by atoms with Gasteiger partial charge in [-0.1, -0.05) is 0 Å². The maximum atomic E-state index is 13.9. The molecule has 1 aliphatic carbocycles. The Morgan fingerprint density at radius 2 is 1.67 bits per heavy atom. The third kappa shape index (κ3) is 4.56. The molecule has 0 radical (unpaired) electrons. The Hall–Kier alpha value is -2.66. The lowest BCUT2D eigenvalue weighted by Gasteiger charge is -2.39. The highest BCUT2D eigenvalue weighted by Crippen LogP contribution is 2.33. The van der Waals surface area contributed by atoms with Crippen LogP contribution in [-0.4, -0.2) is 82.4 Å². The van der Waals surface area contributed by atoms with Crippen molar-refractivity contribution in [3.8, 4) is 11.4 Å². The molecule has 2 aromatic heterocycles. The number of hydrogen-bond acceptors (Lipinski definition) is 9. The highest BCUT2D eigenvalue weighted by atomic mass is 19.3. The summed E-state index contributed by atoms with van der Waals surface area (Å²) in [4.78, 5) is 24.9. The van der Waals surface area contributed by atoms with Gasteiger partial charge >= 0.3 is 0 Å². The van der Waals surface area contributed by atoms with Crippen molar-refractivity contribution in [1.82, 2.24) is 24.8 Å². The van der Waals surface area contributed by atoms with Gasteiger partial charge in [-0.15, -0.1) is 0 Å². The standard InChI is InChI=1S/C22H30F2N8O/c1-13-11-33-12-14(2)32(13)22-28-20(17-10-26-18(25)9-16(17)19(23)24)27-21(29-22)31-7-5-30(6-8-31)15-3-4-15/h9-10,13-15,19H,3-8,11-12H2,1-2H3,(H2,25,26)/t13-,14+. The lowest BCUT2D eigenvalue weighted by molar-refractivity contribution is 0.0747. The van der Waals surface area contributed by atoms with Gasteiger partial charge in [0, 0.05) is 49.5 Å². The summed E-state index contributed by atoms with van der Waals surface area (Å²) in [7, 11) is 0. The Morgan fingerprint density at radius 1 is 1.00 bits per heavy atom. The first kappa shape index (κ1) is 22.1. The number of halogens is 2. The predicted molar refractivity (Wildman–Crippen MR) is 121 cm³/mol. The van der Waals surface area contributed by atoms with E-state index in [1.165, 1.54) is 25.1 Å². The largest absolute Gasteiger partial charge is 0.384 e. The zero-order valence-electron chi connectivity index (χ0n) is 19.0. The van der Waals surface area contributed by atoms with Crippen molar-refractivity contribution in [3.63, 3.8) is 0 Å². The van der Waals surface area contributed by atoms with Crippen LogP contribution in [0.4, 0.5) is 26.5 Å². The van der Waals surface area contributed by atoms with Crippen LogP contribution in [0, 0.1) is 0 Å². The van der Waals surface area contributed by atoms with Crippen molar-refractivity contribution < 1.29 is 13.5 Å². The number of pyridine rings is 1. The summed E-state index contributed by atoms with van der Waals surface area (Å²) in [5, 5.41) is 0. The van der Waals surface area contributed by atoms with Crippen molar-refractivity contribution >= 4 is 17.7 Å². The topological polar surface area (TPSA) is 96.5 Å². The van der Waals surface area contributed by atoms with E-state index in [0.29, 0.717) is 31.2 Å². The Morgan fingerprint density at radius 3 is 2.30 bits per heavy atom. The third-order valence-electron chi connectivity index (χ3n) is 6.60. The second-order valence-electron chi connectivity index (χ2n) is 9.15. The Balaban J connectivity index is 1.55. The fourth-order valence-electron chi connectivity index (χ4n) is 4.71. The highest BCUT2D eigenvalue weighted by molar-refractivity contribution is 5.64. The molecule has 33 heavy (non-hydrogen) atoms. The number of rotatable bonds is 5. The number of anilines is 3. The average molecular weight is 461 g/mol. The fourth-order valence-corrected chi connectivity index (χ4v) is 4.71. The first-order valence-corrected chi connectivity index (χ1v) is 11.6. The molecule has 3 aliphatic rings. The van der Waals surface area contributed by atoms with Gasteiger partial charge in [0.05, 0.1) is 25.3 Å². The summed E-state index contributed by atoms with van der Waals surface area (Å²) in [5.74, 6) is 1.21. The van der Waals surface area contributed by atoms with Crippen molar-refractivity contribution in [3.05, 3.63) is 17.8 Å². The lowest BCUT2D eigenvalue weighted by atomic mass is 10.1. The second-order valence-corrected chi connectivity index (χ2v) is 9.15. The number of nitrogen functional groups attached to an aromatic ring is 1. The van der Waals surface area contributed by atoms with Gasteiger partial charge in [-0.25, -0.2) is 13.8 Å². The molecule has 0 aromatic carbocycles. The number of nitrogens with zero attached hydrogens (tertiary/aromatic N) is 7. The number of aromatic nitrogens is 4. The number of hydrogen-bond donors (Lipinski definition) is 1. The first-order chi connectivity index (χ1) is 15.9. The van der Waals surface area contributed by atoms with E-state index in [1.54, 1.807) is 0 Å². The number of alkyl halides is 2. The van der Waals surface area contributed by atoms with E-state index in [2.05, 4.69) is 29.7 Å². The van der Waals surface area contributed by atoms with Gasteiger partial charge in [-0.2, -0.15) is 15.0 Å². The molecule has 1 saturated carbocycles. The minimum Gasteiger partial charge on any atom is -0.384 e. The van der Waals surface area contributed by atoms with Gasteiger partial charge < -0.3 is 20.3 Å². The Labute approximate surface area is 192 Å². The van der Waals surface area contributed by atoms with Crippen molar-refractivity contribution in [1.29, 1.82) is 0 Å². The van der Waals surface area contributed by atoms with Crippen molar-refractivity contribution in [2.24, 2.45) is 0 Å². The molecule has 2 atom stereocenters. The predicted octanol–water partition coefficient (Wildman–Crippen LogP) is 2.35. The van der Waals surface area contributed by atoms with Gasteiger partial charge in [0.1, 0.15) is 5.82 Å². The molecule has 4 heterocycles. The second kappa shape index (κ2) is 8.94. The highest BCUT2D eigenvalue weighted by Gasteiger charge is 2.33. The van der Waals surface area contributed by atoms with Gasteiger partial charge in [-0.05, 0) is 32.8 Å². The summed E-state index contributed by atoms with van der Waals surface area (Å²) in [6, 6.07) is 1.99. The molecule has 0 bridgehead atoms. The van der Waals surface area contributed by atoms with E-state index in [1.807, 2.05) is 13.8 Å². The molecule has 5 rings (SSSR count). The molecule has 0 amide bonds. The van der Waals surface area contributed by atoms with Gasteiger partial charge in [0.15, 0.2) is 5.82 Å². The zero-order valence-corrected chi connectivity index (χ0v) is 19.0. The van der Waals surface area contributed by atoms with Crippen LogP contribution in [0.5, 0.6) is 0 Å². The molecule has 2 N–H and O–H groups in total. The monoisotopic (exact) mass is 460 g/mol.